The van der Waals surface area contributed by atoms with Gasteiger partial charge >= 0.3 is 0 Å². The number of carbonyl (C=O) groups excluding carboxylic acids is 2. The lowest BCUT2D eigenvalue weighted by Gasteiger charge is -2.48. The van der Waals surface area contributed by atoms with Gasteiger partial charge in [-0.15, -0.1) is 0 Å². The van der Waals surface area contributed by atoms with Gasteiger partial charge in [-0.25, -0.2) is 0 Å². The maximum absolute atomic E-state index is 13.9. The number of fused-ring (bicyclic) bond motifs is 4. The van der Waals surface area contributed by atoms with Gasteiger partial charge < -0.3 is 15.1 Å². The van der Waals surface area contributed by atoms with Gasteiger partial charge in [0.05, 0.1) is 18.0 Å². The summed E-state index contributed by atoms with van der Waals surface area (Å²) in [6.07, 6.45) is 8.46. The molecule has 2 fully saturated rings. The molecule has 3 aliphatic heterocycles. The van der Waals surface area contributed by atoms with Crippen molar-refractivity contribution in [1.82, 2.24) is 15.1 Å². The van der Waals surface area contributed by atoms with Crippen molar-refractivity contribution in [2.75, 3.05) is 19.6 Å². The Kier molecular flexibility index (Phi) is 7.76. The number of benzene rings is 2. The van der Waals surface area contributed by atoms with Gasteiger partial charge in [0.2, 0.25) is 5.91 Å². The normalized spacial score (nSPS) is 23.9. The lowest BCUT2D eigenvalue weighted by atomic mass is 9.77. The second kappa shape index (κ2) is 11.2. The first-order valence-corrected chi connectivity index (χ1v) is 14.1. The summed E-state index contributed by atoms with van der Waals surface area (Å²) in [4.78, 5) is 31.3. The van der Waals surface area contributed by atoms with E-state index in [1.54, 1.807) is 0 Å². The summed E-state index contributed by atoms with van der Waals surface area (Å²) in [5.74, 6) is 0.573. The van der Waals surface area contributed by atoms with Gasteiger partial charge in [-0.1, -0.05) is 62.6 Å². The van der Waals surface area contributed by atoms with Crippen LogP contribution in [0.25, 0.3) is 0 Å². The highest BCUT2D eigenvalue weighted by atomic mass is 16.2. The van der Waals surface area contributed by atoms with E-state index in [4.69, 9.17) is 0 Å². The maximum Gasteiger partial charge on any atom is 0.254 e. The number of hydrogen-bond acceptors (Lipinski definition) is 3. The van der Waals surface area contributed by atoms with E-state index in [0.717, 1.165) is 63.7 Å². The average molecular weight is 488 g/mol. The molecule has 0 spiro atoms. The van der Waals surface area contributed by atoms with Crippen molar-refractivity contribution >= 4 is 11.8 Å². The zero-order chi connectivity index (χ0) is 25.1. The van der Waals surface area contributed by atoms with Gasteiger partial charge in [0.1, 0.15) is 0 Å². The number of amides is 2. The van der Waals surface area contributed by atoms with Crippen molar-refractivity contribution in [2.24, 2.45) is 5.92 Å². The zero-order valence-electron chi connectivity index (χ0n) is 21.9. The van der Waals surface area contributed by atoms with Gasteiger partial charge in [-0.3, -0.25) is 9.59 Å². The number of hydrogen-bond donors (Lipinski definition) is 1. The minimum absolute atomic E-state index is 0.0251. The Morgan fingerprint density at radius 3 is 2.78 bits per heavy atom. The van der Waals surface area contributed by atoms with Crippen LogP contribution in [0.5, 0.6) is 0 Å². The molecule has 2 aromatic carbocycles. The van der Waals surface area contributed by atoms with Crippen molar-refractivity contribution in [3.8, 4) is 0 Å². The number of carbonyl (C=O) groups is 2. The molecule has 0 aromatic heterocycles. The van der Waals surface area contributed by atoms with E-state index in [9.17, 15) is 9.59 Å². The number of nitrogens with zero attached hydrogens (tertiary/aromatic N) is 2. The molecule has 2 saturated heterocycles. The second-order valence-corrected chi connectivity index (χ2v) is 10.9. The van der Waals surface area contributed by atoms with Crippen molar-refractivity contribution in [3.63, 3.8) is 0 Å². The highest BCUT2D eigenvalue weighted by molar-refractivity contribution is 5.95. The van der Waals surface area contributed by atoms with Crippen LogP contribution in [0.15, 0.2) is 48.5 Å². The predicted octanol–water partition coefficient (Wildman–Crippen LogP) is 5.67. The minimum Gasteiger partial charge on any atom is -0.335 e. The first kappa shape index (κ1) is 25.0. The summed E-state index contributed by atoms with van der Waals surface area (Å²) in [6.45, 7) is 6.90. The quantitative estimate of drug-likeness (QED) is 0.488. The van der Waals surface area contributed by atoms with Crippen LogP contribution in [0, 0.1) is 5.92 Å². The molecule has 0 radical (unpaired) electrons. The van der Waals surface area contributed by atoms with E-state index >= 15 is 0 Å². The topological polar surface area (TPSA) is 52.7 Å². The summed E-state index contributed by atoms with van der Waals surface area (Å²) in [7, 11) is 0. The van der Waals surface area contributed by atoms with Crippen molar-refractivity contribution in [1.29, 1.82) is 0 Å². The standard InChI is InChI=1S/C31H41N3O2/c1-3-4-5-9-18-33(22(2)23-11-7-6-8-12-23)30(35)25-14-15-26-24(20-25)16-19-34-29(26)21-28-27(31(34)36)13-10-17-32-28/h6-8,11-12,14-15,20,22,27-29,32H,3-5,9-10,13,16-19,21H2,1-2H3/t22-,27+,28+,29-/m1/s1. The van der Waals surface area contributed by atoms with Crippen LogP contribution in [0.3, 0.4) is 0 Å². The number of nitrogens with one attached hydrogen (secondary N) is 1. The maximum atomic E-state index is 13.9. The highest BCUT2D eigenvalue weighted by Crippen LogP contribution is 2.41. The molecule has 0 unspecified atom stereocenters. The fourth-order valence-corrected chi connectivity index (χ4v) is 6.57. The lowest BCUT2D eigenvalue weighted by Crippen LogP contribution is -2.57. The van der Waals surface area contributed by atoms with Crippen LogP contribution < -0.4 is 5.32 Å². The smallest absolute Gasteiger partial charge is 0.254 e. The summed E-state index contributed by atoms with van der Waals surface area (Å²) >= 11 is 0. The molecule has 0 aliphatic carbocycles. The molecule has 2 amide bonds. The third-order valence-corrected chi connectivity index (χ3v) is 8.67. The molecule has 5 nitrogen and oxygen atoms in total. The summed E-state index contributed by atoms with van der Waals surface area (Å²) in [5.41, 5.74) is 4.42. The van der Waals surface area contributed by atoms with E-state index in [-0.39, 0.29) is 30.0 Å². The largest absolute Gasteiger partial charge is 0.335 e. The molecular weight excluding hydrogens is 446 g/mol. The molecule has 2 aromatic rings. The molecule has 5 rings (SSSR count). The second-order valence-electron chi connectivity index (χ2n) is 10.9. The fraction of sp³-hybridized carbons (Fsp3) is 0.548. The van der Waals surface area contributed by atoms with Crippen molar-refractivity contribution in [3.05, 3.63) is 70.8 Å². The molecule has 5 heteroatoms. The summed E-state index contributed by atoms with van der Waals surface area (Å²) in [6, 6.07) is 17.1. The summed E-state index contributed by atoms with van der Waals surface area (Å²) < 4.78 is 0. The van der Waals surface area contributed by atoms with Gasteiger partial charge in [0.25, 0.3) is 5.91 Å². The Balaban J connectivity index is 1.38. The van der Waals surface area contributed by atoms with Crippen LogP contribution >= 0.6 is 0 Å². The van der Waals surface area contributed by atoms with E-state index in [2.05, 4.69) is 53.2 Å². The predicted molar refractivity (Wildman–Crippen MR) is 144 cm³/mol. The van der Waals surface area contributed by atoms with E-state index < -0.39 is 0 Å². The first-order valence-electron chi connectivity index (χ1n) is 14.1. The number of rotatable bonds is 8. The van der Waals surface area contributed by atoms with Crippen LogP contribution in [-0.4, -0.2) is 47.3 Å². The Morgan fingerprint density at radius 1 is 1.14 bits per heavy atom. The molecule has 3 heterocycles. The van der Waals surface area contributed by atoms with Crippen LogP contribution in [-0.2, 0) is 11.2 Å². The van der Waals surface area contributed by atoms with Crippen molar-refractivity contribution in [2.45, 2.75) is 83.3 Å². The van der Waals surface area contributed by atoms with E-state index in [1.807, 2.05) is 24.3 Å². The Bertz CT molecular complexity index is 1070. The minimum atomic E-state index is 0.0251. The Hall–Kier alpha value is -2.66. The molecule has 1 N–H and O–H groups in total. The fourth-order valence-electron chi connectivity index (χ4n) is 6.57. The molecule has 0 saturated carbocycles. The van der Waals surface area contributed by atoms with Gasteiger partial charge in [-0.2, -0.15) is 0 Å². The molecule has 36 heavy (non-hydrogen) atoms. The summed E-state index contributed by atoms with van der Waals surface area (Å²) in [5, 5.41) is 3.61. The van der Waals surface area contributed by atoms with E-state index in [1.165, 1.54) is 29.5 Å². The Morgan fingerprint density at radius 2 is 1.97 bits per heavy atom. The van der Waals surface area contributed by atoms with Crippen LogP contribution in [0.1, 0.15) is 97.9 Å². The highest BCUT2D eigenvalue weighted by Gasteiger charge is 2.45. The lowest BCUT2D eigenvalue weighted by molar-refractivity contribution is -0.145. The first-order chi connectivity index (χ1) is 17.6. The van der Waals surface area contributed by atoms with Crippen LogP contribution in [0.2, 0.25) is 0 Å². The molecule has 4 atom stereocenters. The van der Waals surface area contributed by atoms with Gasteiger partial charge in [0.15, 0.2) is 0 Å². The van der Waals surface area contributed by atoms with Gasteiger partial charge in [-0.05, 0) is 74.4 Å². The SMILES string of the molecule is CCCCCCN(C(=O)c1ccc2c(c1)CCN1C(=O)[C@H]3CCCN[C@H]3C[C@H]21)[C@H](C)c1ccccc1. The van der Waals surface area contributed by atoms with Crippen molar-refractivity contribution < 1.29 is 9.59 Å². The third-order valence-electron chi connectivity index (χ3n) is 8.67. The molecule has 192 valence electrons. The number of unbranched alkanes of at least 4 members (excludes halogenated alkanes) is 3. The van der Waals surface area contributed by atoms with Crippen LogP contribution in [0.4, 0.5) is 0 Å². The monoisotopic (exact) mass is 487 g/mol. The molecule has 0 bridgehead atoms. The van der Waals surface area contributed by atoms with E-state index in [0.29, 0.717) is 5.91 Å². The molecule has 3 aliphatic rings. The zero-order valence-corrected chi connectivity index (χ0v) is 21.9. The Labute approximate surface area is 216 Å². The molecular formula is C31H41N3O2. The third kappa shape index (κ3) is 4.95. The van der Waals surface area contributed by atoms with Gasteiger partial charge in [0, 0.05) is 24.7 Å². The average Bonchev–Trinajstić information content (AvgIpc) is 2.92. The number of piperidine rings is 2.